The van der Waals surface area contributed by atoms with Crippen molar-refractivity contribution in [3.63, 3.8) is 0 Å². The third-order valence-electron chi connectivity index (χ3n) is 3.62. The monoisotopic (exact) mass is 248 g/mol. The molecule has 0 radical (unpaired) electrons. The van der Waals surface area contributed by atoms with E-state index in [1.165, 1.54) is 12.1 Å². The van der Waals surface area contributed by atoms with Crippen LogP contribution in [0.2, 0.25) is 0 Å². The molecule has 0 spiro atoms. The number of aliphatic hydroxyl groups is 1. The summed E-state index contributed by atoms with van der Waals surface area (Å²) in [4.78, 5) is 0. The molecule has 0 saturated heterocycles. The summed E-state index contributed by atoms with van der Waals surface area (Å²) in [6.45, 7) is 0.584. The van der Waals surface area contributed by atoms with Gasteiger partial charge >= 0.3 is 0 Å². The van der Waals surface area contributed by atoms with Gasteiger partial charge in [-0.2, -0.15) is 5.26 Å². The molecule has 2 rings (SSSR count). The van der Waals surface area contributed by atoms with E-state index in [1.54, 1.807) is 6.07 Å². The molecule has 0 heterocycles. The van der Waals surface area contributed by atoms with Crippen molar-refractivity contribution in [2.75, 3.05) is 6.61 Å². The van der Waals surface area contributed by atoms with Gasteiger partial charge in [-0.15, -0.1) is 0 Å². The summed E-state index contributed by atoms with van der Waals surface area (Å²) in [6, 6.07) is 6.64. The Balaban J connectivity index is 1.99. The molecule has 0 amide bonds. The second kappa shape index (κ2) is 5.94. The van der Waals surface area contributed by atoms with Crippen LogP contribution in [0, 0.1) is 23.1 Å². The summed E-state index contributed by atoms with van der Waals surface area (Å²) in [5, 5.41) is 21.3. The van der Waals surface area contributed by atoms with Gasteiger partial charge in [-0.1, -0.05) is 6.42 Å². The van der Waals surface area contributed by atoms with Gasteiger partial charge in [0.15, 0.2) is 0 Å². The molecule has 18 heavy (non-hydrogen) atoms. The van der Waals surface area contributed by atoms with E-state index in [-0.39, 0.29) is 24.4 Å². The number of nitriles is 1. The first-order chi connectivity index (χ1) is 8.74. The Morgan fingerprint density at radius 1 is 1.44 bits per heavy atom. The third kappa shape index (κ3) is 2.87. The van der Waals surface area contributed by atoms with Crippen LogP contribution in [-0.2, 0) is 6.54 Å². The van der Waals surface area contributed by atoms with Crippen LogP contribution in [0.1, 0.15) is 30.4 Å². The van der Waals surface area contributed by atoms with E-state index >= 15 is 0 Å². The van der Waals surface area contributed by atoms with Crippen LogP contribution in [-0.4, -0.2) is 17.8 Å². The molecule has 1 aliphatic carbocycles. The smallest absolute Gasteiger partial charge is 0.127 e. The third-order valence-corrected chi connectivity index (χ3v) is 3.62. The lowest BCUT2D eigenvalue weighted by Crippen LogP contribution is -2.33. The van der Waals surface area contributed by atoms with Crippen molar-refractivity contribution in [3.05, 3.63) is 35.1 Å². The minimum absolute atomic E-state index is 0.179. The molecule has 2 atom stereocenters. The Morgan fingerprint density at radius 2 is 2.28 bits per heavy atom. The minimum Gasteiger partial charge on any atom is -0.396 e. The lowest BCUT2D eigenvalue weighted by atomic mass is 10.0. The van der Waals surface area contributed by atoms with Gasteiger partial charge in [0.05, 0.1) is 11.6 Å². The van der Waals surface area contributed by atoms with E-state index in [2.05, 4.69) is 5.32 Å². The molecule has 1 saturated carbocycles. The summed E-state index contributed by atoms with van der Waals surface area (Å²) in [5.41, 5.74) is 0.982. The first-order valence-electron chi connectivity index (χ1n) is 6.27. The highest BCUT2D eigenvalue weighted by Crippen LogP contribution is 2.25. The van der Waals surface area contributed by atoms with Gasteiger partial charge in [0, 0.05) is 24.8 Å². The molecule has 1 fully saturated rings. The van der Waals surface area contributed by atoms with Crippen molar-refractivity contribution in [2.24, 2.45) is 5.92 Å². The zero-order valence-corrected chi connectivity index (χ0v) is 10.2. The Bertz CT molecular complexity index is 456. The van der Waals surface area contributed by atoms with Crippen LogP contribution in [0.5, 0.6) is 0 Å². The minimum atomic E-state index is -0.292. The van der Waals surface area contributed by atoms with E-state index < -0.39 is 0 Å². The molecular formula is C14H17FN2O. The maximum absolute atomic E-state index is 13.6. The maximum Gasteiger partial charge on any atom is 0.127 e. The molecule has 0 aliphatic heterocycles. The van der Waals surface area contributed by atoms with Gasteiger partial charge in [0.25, 0.3) is 0 Å². The van der Waals surface area contributed by atoms with Crippen molar-refractivity contribution >= 4 is 0 Å². The van der Waals surface area contributed by atoms with Crippen molar-refractivity contribution in [3.8, 4) is 6.07 Å². The van der Waals surface area contributed by atoms with Gasteiger partial charge in [-0.3, -0.25) is 0 Å². The number of hydrogen-bond donors (Lipinski definition) is 2. The number of hydrogen-bond acceptors (Lipinski definition) is 3. The highest BCUT2D eigenvalue weighted by atomic mass is 19.1. The van der Waals surface area contributed by atoms with Gasteiger partial charge in [-0.05, 0) is 37.0 Å². The van der Waals surface area contributed by atoms with Crippen LogP contribution in [0.15, 0.2) is 18.2 Å². The van der Waals surface area contributed by atoms with Crippen LogP contribution in [0.3, 0.4) is 0 Å². The lowest BCUT2D eigenvalue weighted by Gasteiger charge is -2.19. The first kappa shape index (κ1) is 13.0. The number of aliphatic hydroxyl groups excluding tert-OH is 1. The largest absolute Gasteiger partial charge is 0.396 e. The summed E-state index contributed by atoms with van der Waals surface area (Å²) in [6.07, 6.45) is 3.14. The van der Waals surface area contributed by atoms with E-state index in [0.29, 0.717) is 17.7 Å². The Labute approximate surface area is 106 Å². The molecule has 2 N–H and O–H groups in total. The predicted molar refractivity (Wildman–Crippen MR) is 66.2 cm³/mol. The van der Waals surface area contributed by atoms with E-state index in [9.17, 15) is 9.50 Å². The highest BCUT2D eigenvalue weighted by molar-refractivity contribution is 5.33. The molecule has 0 bridgehead atoms. The number of nitrogens with zero attached hydrogens (tertiary/aromatic N) is 1. The molecule has 96 valence electrons. The average molecular weight is 248 g/mol. The van der Waals surface area contributed by atoms with Gasteiger partial charge < -0.3 is 10.4 Å². The summed E-state index contributed by atoms with van der Waals surface area (Å²) in [5.74, 6) is -0.0211. The van der Waals surface area contributed by atoms with Crippen molar-refractivity contribution in [1.29, 1.82) is 5.26 Å². The van der Waals surface area contributed by atoms with Crippen LogP contribution in [0.25, 0.3) is 0 Å². The Morgan fingerprint density at radius 3 is 3.00 bits per heavy atom. The van der Waals surface area contributed by atoms with Crippen LogP contribution in [0.4, 0.5) is 4.39 Å². The average Bonchev–Trinajstić information content (AvgIpc) is 2.85. The molecule has 1 aliphatic rings. The van der Waals surface area contributed by atoms with Crippen molar-refractivity contribution in [2.45, 2.75) is 31.8 Å². The maximum atomic E-state index is 13.6. The van der Waals surface area contributed by atoms with Crippen molar-refractivity contribution in [1.82, 2.24) is 5.32 Å². The number of nitrogens with one attached hydrogen (secondary N) is 1. The Kier molecular flexibility index (Phi) is 4.29. The fourth-order valence-electron chi connectivity index (χ4n) is 2.54. The van der Waals surface area contributed by atoms with Gasteiger partial charge in [0.1, 0.15) is 5.82 Å². The number of rotatable bonds is 4. The molecule has 1 aromatic rings. The molecule has 1 aromatic carbocycles. The highest BCUT2D eigenvalue weighted by Gasteiger charge is 2.26. The molecule has 0 aromatic heterocycles. The second-order valence-electron chi connectivity index (χ2n) is 4.78. The van der Waals surface area contributed by atoms with E-state index in [0.717, 1.165) is 19.3 Å². The van der Waals surface area contributed by atoms with Crippen molar-refractivity contribution < 1.29 is 9.50 Å². The predicted octanol–water partition coefficient (Wildman–Crippen LogP) is 1.95. The van der Waals surface area contributed by atoms with Gasteiger partial charge in [0.2, 0.25) is 0 Å². The Hall–Kier alpha value is -1.44. The van der Waals surface area contributed by atoms with Gasteiger partial charge in [-0.25, -0.2) is 4.39 Å². The SMILES string of the molecule is N#Cc1ccc(F)c(CNC2CCCC2CO)c1. The molecule has 2 unspecified atom stereocenters. The fraction of sp³-hybridized carbons (Fsp3) is 0.500. The summed E-state index contributed by atoms with van der Waals surface area (Å²) < 4.78 is 13.6. The second-order valence-corrected chi connectivity index (χ2v) is 4.78. The fourth-order valence-corrected chi connectivity index (χ4v) is 2.54. The van der Waals surface area contributed by atoms with E-state index in [4.69, 9.17) is 5.26 Å². The molecular weight excluding hydrogens is 231 g/mol. The topological polar surface area (TPSA) is 56.0 Å². The standard InChI is InChI=1S/C14H17FN2O/c15-13-5-4-10(7-16)6-12(13)8-17-14-3-1-2-11(14)9-18/h4-6,11,14,17-18H,1-3,8-9H2. The zero-order chi connectivity index (χ0) is 13.0. The molecule has 3 nitrogen and oxygen atoms in total. The normalized spacial score (nSPS) is 22.9. The quantitative estimate of drug-likeness (QED) is 0.856. The zero-order valence-electron chi connectivity index (χ0n) is 10.2. The van der Waals surface area contributed by atoms with E-state index in [1.807, 2.05) is 6.07 Å². The number of halogens is 1. The van der Waals surface area contributed by atoms with Crippen LogP contribution < -0.4 is 5.32 Å². The summed E-state index contributed by atoms with van der Waals surface area (Å²) >= 11 is 0. The number of benzene rings is 1. The summed E-state index contributed by atoms with van der Waals surface area (Å²) in [7, 11) is 0. The molecule has 4 heteroatoms. The first-order valence-corrected chi connectivity index (χ1v) is 6.27. The van der Waals surface area contributed by atoms with Crippen LogP contribution >= 0.6 is 0 Å². The lowest BCUT2D eigenvalue weighted by molar-refractivity contribution is 0.205.